The fourth-order valence-corrected chi connectivity index (χ4v) is 6.75. The summed E-state index contributed by atoms with van der Waals surface area (Å²) >= 11 is 1.25. The van der Waals surface area contributed by atoms with Gasteiger partial charge < -0.3 is 9.47 Å². The lowest BCUT2D eigenvalue weighted by Crippen LogP contribution is -2.39. The monoisotopic (exact) mass is 520 g/mol. The molecule has 1 amide bonds. The van der Waals surface area contributed by atoms with E-state index in [1.165, 1.54) is 11.3 Å². The maximum atomic E-state index is 13.6. The van der Waals surface area contributed by atoms with Crippen LogP contribution in [-0.4, -0.2) is 43.8 Å². The van der Waals surface area contributed by atoms with Crippen LogP contribution in [0.4, 0.5) is 0 Å². The van der Waals surface area contributed by atoms with Crippen molar-refractivity contribution in [3.05, 3.63) is 111 Å². The molecule has 0 saturated carbocycles. The maximum absolute atomic E-state index is 13.6. The van der Waals surface area contributed by atoms with E-state index in [1.807, 2.05) is 76.3 Å². The Bertz CT molecular complexity index is 1790. The molecular weight excluding hydrogens is 496 g/mol. The number of likely N-dealkylation sites (tertiary alicyclic amines) is 1. The number of nitrogens with zero attached hydrogens (tertiary/aromatic N) is 4. The third-order valence-corrected chi connectivity index (χ3v) is 8.71. The molecule has 3 aromatic carbocycles. The van der Waals surface area contributed by atoms with Gasteiger partial charge in [0, 0.05) is 42.5 Å². The van der Waals surface area contributed by atoms with E-state index in [4.69, 9.17) is 0 Å². The van der Waals surface area contributed by atoms with Gasteiger partial charge in [-0.1, -0.05) is 59.9 Å². The number of amides is 1. The number of benzene rings is 3. The van der Waals surface area contributed by atoms with E-state index in [0.717, 1.165) is 40.0 Å². The van der Waals surface area contributed by atoms with Crippen molar-refractivity contribution in [2.45, 2.75) is 25.4 Å². The number of rotatable bonds is 4. The van der Waals surface area contributed by atoms with Crippen molar-refractivity contribution in [2.24, 2.45) is 0 Å². The molecule has 7 rings (SSSR count). The molecule has 5 aromatic rings. The molecule has 7 nitrogen and oxygen atoms in total. The lowest BCUT2D eigenvalue weighted by atomic mass is 9.94. The Balaban J connectivity index is 1.10. The van der Waals surface area contributed by atoms with Crippen molar-refractivity contribution in [1.82, 2.24) is 19.0 Å². The summed E-state index contributed by atoms with van der Waals surface area (Å²) in [4.78, 5) is 45.9. The van der Waals surface area contributed by atoms with E-state index in [0.29, 0.717) is 36.4 Å². The highest BCUT2D eigenvalue weighted by Crippen LogP contribution is 2.39. The molecule has 0 N–H and O–H groups in total. The summed E-state index contributed by atoms with van der Waals surface area (Å²) < 4.78 is 4.80. The Labute approximate surface area is 222 Å². The molecule has 188 valence electrons. The van der Waals surface area contributed by atoms with Gasteiger partial charge in [0.05, 0.1) is 15.8 Å². The van der Waals surface area contributed by atoms with Crippen molar-refractivity contribution in [3.8, 4) is 11.1 Å². The van der Waals surface area contributed by atoms with Crippen LogP contribution in [0.1, 0.15) is 50.9 Å². The number of hydrogen-bond donors (Lipinski definition) is 0. The molecule has 2 aromatic heterocycles. The molecule has 0 unspecified atom stereocenters. The van der Waals surface area contributed by atoms with Crippen LogP contribution in [0.3, 0.4) is 0 Å². The summed E-state index contributed by atoms with van der Waals surface area (Å²) in [5.41, 5.74) is 4.31. The zero-order valence-electron chi connectivity index (χ0n) is 20.5. The van der Waals surface area contributed by atoms with Crippen molar-refractivity contribution in [2.75, 3.05) is 13.1 Å². The number of carbonyl (C=O) groups is 2. The van der Waals surface area contributed by atoms with E-state index in [1.54, 1.807) is 16.8 Å². The van der Waals surface area contributed by atoms with Gasteiger partial charge >= 0.3 is 4.87 Å². The lowest BCUT2D eigenvalue weighted by molar-refractivity contribution is 0.0706. The highest BCUT2D eigenvalue weighted by Gasteiger charge is 2.34. The zero-order chi connectivity index (χ0) is 25.8. The number of carbonyl (C=O) groups excluding carboxylic acids is 2. The Morgan fingerprint density at radius 1 is 0.895 bits per heavy atom. The van der Waals surface area contributed by atoms with Crippen LogP contribution < -0.4 is 4.87 Å². The molecule has 8 heteroatoms. The first kappa shape index (κ1) is 22.9. The predicted molar refractivity (Wildman–Crippen MR) is 147 cm³/mol. The van der Waals surface area contributed by atoms with Crippen molar-refractivity contribution in [1.29, 1.82) is 0 Å². The van der Waals surface area contributed by atoms with Gasteiger partial charge in [0.1, 0.15) is 12.5 Å². The number of ketones is 1. The Morgan fingerprint density at radius 2 is 1.63 bits per heavy atom. The fourth-order valence-electron chi connectivity index (χ4n) is 5.86. The first-order chi connectivity index (χ1) is 18.6. The standard InChI is InChI=1S/C30H24N4O3S/c35-27-22-7-2-1-6-20(22)21-8-5-9-23(26(21)27)29(36)32-15-12-19(13-16-32)28-31-14-17-33(28)18-34-24-10-3-4-11-25(24)38-30(34)37/h1-11,14,17,19H,12-13,15-16,18H2. The number of para-hydroxylation sites is 1. The molecule has 1 saturated heterocycles. The van der Waals surface area contributed by atoms with Crippen LogP contribution in [-0.2, 0) is 6.67 Å². The van der Waals surface area contributed by atoms with Crippen molar-refractivity contribution < 1.29 is 9.59 Å². The van der Waals surface area contributed by atoms with Crippen molar-refractivity contribution in [3.63, 3.8) is 0 Å². The first-order valence-electron chi connectivity index (χ1n) is 12.8. The van der Waals surface area contributed by atoms with E-state index in [2.05, 4.69) is 4.98 Å². The third kappa shape index (κ3) is 3.55. The van der Waals surface area contributed by atoms with E-state index in [-0.39, 0.29) is 22.5 Å². The number of hydrogen-bond acceptors (Lipinski definition) is 5. The minimum atomic E-state index is -0.0962. The summed E-state index contributed by atoms with van der Waals surface area (Å²) in [6, 6.07) is 20.9. The van der Waals surface area contributed by atoms with Crippen LogP contribution in [0.15, 0.2) is 83.9 Å². The van der Waals surface area contributed by atoms with E-state index in [9.17, 15) is 14.4 Å². The molecule has 0 spiro atoms. The second-order valence-electron chi connectivity index (χ2n) is 9.83. The Hall–Kier alpha value is -4.30. The summed E-state index contributed by atoms with van der Waals surface area (Å²) in [6.45, 7) is 1.58. The van der Waals surface area contributed by atoms with Gasteiger partial charge in [0.2, 0.25) is 0 Å². The maximum Gasteiger partial charge on any atom is 0.309 e. The molecule has 0 atom stereocenters. The van der Waals surface area contributed by atoms with Crippen LogP contribution >= 0.6 is 11.3 Å². The number of aromatic nitrogens is 3. The topological polar surface area (TPSA) is 77.2 Å². The fraction of sp³-hybridized carbons (Fsp3) is 0.200. The minimum absolute atomic E-state index is 0.0124. The summed E-state index contributed by atoms with van der Waals surface area (Å²) in [5.74, 6) is 0.946. The average molecular weight is 521 g/mol. The molecular formula is C30H24N4O3S. The van der Waals surface area contributed by atoms with Crippen LogP contribution in [0.25, 0.3) is 21.3 Å². The molecule has 3 heterocycles. The third-order valence-electron chi connectivity index (χ3n) is 7.75. The van der Waals surface area contributed by atoms with E-state index >= 15 is 0 Å². The molecule has 1 aliphatic heterocycles. The quantitative estimate of drug-likeness (QED) is 0.328. The normalized spacial score (nSPS) is 15.2. The van der Waals surface area contributed by atoms with E-state index < -0.39 is 0 Å². The SMILES string of the molecule is O=C1c2ccccc2-c2cccc(C(=O)N3CCC(c4nccn4Cn4c(=O)sc5ccccc54)CC3)c21. The van der Waals surface area contributed by atoms with Gasteiger partial charge in [0.25, 0.3) is 5.91 Å². The Kier molecular flexibility index (Phi) is 5.37. The summed E-state index contributed by atoms with van der Waals surface area (Å²) in [5, 5.41) is 0. The average Bonchev–Trinajstić information content (AvgIpc) is 3.64. The van der Waals surface area contributed by atoms with Gasteiger partial charge in [-0.15, -0.1) is 0 Å². The number of imidazole rings is 1. The molecule has 0 radical (unpaired) electrons. The summed E-state index contributed by atoms with van der Waals surface area (Å²) in [7, 11) is 0. The Morgan fingerprint density at radius 3 is 2.47 bits per heavy atom. The van der Waals surface area contributed by atoms with Crippen molar-refractivity contribution >= 4 is 33.2 Å². The molecule has 1 fully saturated rings. The number of fused-ring (bicyclic) bond motifs is 4. The van der Waals surface area contributed by atoms with Crippen LogP contribution in [0.5, 0.6) is 0 Å². The first-order valence-corrected chi connectivity index (χ1v) is 13.6. The van der Waals surface area contributed by atoms with Crippen LogP contribution in [0.2, 0.25) is 0 Å². The van der Waals surface area contributed by atoms with Gasteiger partial charge in [-0.05, 0) is 42.2 Å². The molecule has 1 aliphatic carbocycles. The smallest absolute Gasteiger partial charge is 0.309 e. The molecule has 38 heavy (non-hydrogen) atoms. The number of thiazole rings is 1. The van der Waals surface area contributed by atoms with Gasteiger partial charge in [-0.2, -0.15) is 0 Å². The second-order valence-corrected chi connectivity index (χ2v) is 10.8. The second kappa shape index (κ2) is 8.92. The highest BCUT2D eigenvalue weighted by molar-refractivity contribution is 7.16. The molecule has 0 bridgehead atoms. The molecule has 2 aliphatic rings. The summed E-state index contributed by atoms with van der Waals surface area (Å²) in [6.07, 6.45) is 5.24. The highest BCUT2D eigenvalue weighted by atomic mass is 32.1. The van der Waals surface area contributed by atoms with Gasteiger partial charge in [-0.25, -0.2) is 4.98 Å². The lowest BCUT2D eigenvalue weighted by Gasteiger charge is -2.32. The zero-order valence-corrected chi connectivity index (χ0v) is 21.4. The van der Waals surface area contributed by atoms with Crippen LogP contribution in [0, 0.1) is 0 Å². The number of piperidine rings is 1. The predicted octanol–water partition coefficient (Wildman–Crippen LogP) is 5.00. The van der Waals surface area contributed by atoms with Gasteiger partial charge in [0.15, 0.2) is 5.78 Å². The van der Waals surface area contributed by atoms with Gasteiger partial charge in [-0.3, -0.25) is 19.0 Å². The largest absolute Gasteiger partial charge is 0.339 e. The minimum Gasteiger partial charge on any atom is -0.339 e.